The van der Waals surface area contributed by atoms with Crippen LogP contribution in [0.4, 0.5) is 0 Å². The zero-order valence-corrected chi connectivity index (χ0v) is 8.91. The van der Waals surface area contributed by atoms with Crippen molar-refractivity contribution in [3.05, 3.63) is 48.3 Å². The van der Waals surface area contributed by atoms with Gasteiger partial charge in [0, 0.05) is 18.0 Å². The number of rotatable bonds is 1. The molecule has 0 bridgehead atoms. The van der Waals surface area contributed by atoms with Gasteiger partial charge in [0.2, 0.25) is 0 Å². The minimum atomic E-state index is 0.712. The second-order valence-electron chi connectivity index (χ2n) is 3.53. The second kappa shape index (κ2) is 3.72. The summed E-state index contributed by atoms with van der Waals surface area (Å²) < 4.78 is 1.89. The Balaban J connectivity index is 2.17. The van der Waals surface area contributed by atoms with Crippen LogP contribution in [0, 0.1) is 12.3 Å². The molecule has 3 rings (SSSR count). The standard InChI is InChI=1S/C13H8N4/c1-2-10-6-7-11(14-9-10)13-16-15-12-5-3-4-8-17(12)13/h1,3-9H. The lowest BCUT2D eigenvalue weighted by molar-refractivity contribution is 1.09. The van der Waals surface area contributed by atoms with Crippen molar-refractivity contribution >= 4 is 5.65 Å². The predicted octanol–water partition coefficient (Wildman–Crippen LogP) is 1.77. The molecule has 0 aliphatic rings. The summed E-state index contributed by atoms with van der Waals surface area (Å²) in [5.41, 5.74) is 2.30. The Hall–Kier alpha value is -2.67. The Morgan fingerprint density at radius 1 is 1.12 bits per heavy atom. The Morgan fingerprint density at radius 3 is 2.82 bits per heavy atom. The van der Waals surface area contributed by atoms with Crippen molar-refractivity contribution in [3.63, 3.8) is 0 Å². The van der Waals surface area contributed by atoms with Gasteiger partial charge in [0.15, 0.2) is 11.5 Å². The summed E-state index contributed by atoms with van der Waals surface area (Å²) in [6, 6.07) is 9.43. The van der Waals surface area contributed by atoms with Crippen LogP contribution in [0.25, 0.3) is 17.2 Å². The van der Waals surface area contributed by atoms with Crippen molar-refractivity contribution in [1.82, 2.24) is 19.6 Å². The quantitative estimate of drug-likeness (QED) is 0.587. The Labute approximate surface area is 98.0 Å². The van der Waals surface area contributed by atoms with Gasteiger partial charge >= 0.3 is 0 Å². The Bertz CT molecular complexity index is 704. The molecule has 0 fully saturated rings. The van der Waals surface area contributed by atoms with Crippen LogP contribution in [-0.2, 0) is 0 Å². The molecule has 0 aliphatic heterocycles. The van der Waals surface area contributed by atoms with E-state index in [1.54, 1.807) is 6.20 Å². The molecule has 3 heterocycles. The topological polar surface area (TPSA) is 43.1 Å². The number of pyridine rings is 2. The summed E-state index contributed by atoms with van der Waals surface area (Å²) in [5.74, 6) is 3.24. The van der Waals surface area contributed by atoms with Crippen LogP contribution in [0.15, 0.2) is 42.7 Å². The van der Waals surface area contributed by atoms with Gasteiger partial charge in [0.25, 0.3) is 0 Å². The smallest absolute Gasteiger partial charge is 0.186 e. The van der Waals surface area contributed by atoms with E-state index >= 15 is 0 Å². The summed E-state index contributed by atoms with van der Waals surface area (Å²) in [4.78, 5) is 4.28. The molecule has 0 saturated heterocycles. The maximum absolute atomic E-state index is 5.29. The van der Waals surface area contributed by atoms with Crippen molar-refractivity contribution in [2.75, 3.05) is 0 Å². The molecule has 4 nitrogen and oxygen atoms in total. The van der Waals surface area contributed by atoms with E-state index in [1.165, 1.54) is 0 Å². The average Bonchev–Trinajstić information content (AvgIpc) is 2.83. The molecule has 0 radical (unpaired) electrons. The minimum absolute atomic E-state index is 0.712. The predicted molar refractivity (Wildman–Crippen MR) is 64.2 cm³/mol. The highest BCUT2D eigenvalue weighted by Crippen LogP contribution is 2.15. The molecule has 0 unspecified atom stereocenters. The fourth-order valence-corrected chi connectivity index (χ4v) is 1.63. The van der Waals surface area contributed by atoms with Crippen molar-refractivity contribution in [1.29, 1.82) is 0 Å². The van der Waals surface area contributed by atoms with Crippen molar-refractivity contribution in [2.45, 2.75) is 0 Å². The number of nitrogens with zero attached hydrogens (tertiary/aromatic N) is 4. The molecule has 4 heteroatoms. The summed E-state index contributed by atoms with van der Waals surface area (Å²) >= 11 is 0. The molecular weight excluding hydrogens is 212 g/mol. The van der Waals surface area contributed by atoms with Crippen LogP contribution in [0.2, 0.25) is 0 Å². The lowest BCUT2D eigenvalue weighted by atomic mass is 10.2. The molecule has 0 spiro atoms. The van der Waals surface area contributed by atoms with E-state index in [9.17, 15) is 0 Å². The van der Waals surface area contributed by atoms with Crippen LogP contribution in [0.5, 0.6) is 0 Å². The van der Waals surface area contributed by atoms with E-state index in [-0.39, 0.29) is 0 Å². The monoisotopic (exact) mass is 220 g/mol. The Morgan fingerprint density at radius 2 is 2.06 bits per heavy atom. The fourth-order valence-electron chi connectivity index (χ4n) is 1.63. The van der Waals surface area contributed by atoms with Crippen molar-refractivity contribution in [3.8, 4) is 23.9 Å². The van der Waals surface area contributed by atoms with Gasteiger partial charge in [-0.25, -0.2) is 0 Å². The summed E-state index contributed by atoms with van der Waals surface area (Å²) in [6.07, 6.45) is 8.84. The first-order valence-electron chi connectivity index (χ1n) is 5.11. The summed E-state index contributed by atoms with van der Waals surface area (Å²) in [6.45, 7) is 0. The molecule has 0 aromatic carbocycles. The van der Waals surface area contributed by atoms with Gasteiger partial charge in [-0.3, -0.25) is 9.38 Å². The number of terminal acetylenes is 1. The number of hydrogen-bond acceptors (Lipinski definition) is 3. The molecule has 0 saturated carbocycles. The van der Waals surface area contributed by atoms with Crippen LogP contribution in [-0.4, -0.2) is 19.6 Å². The summed E-state index contributed by atoms with van der Waals surface area (Å²) in [5, 5.41) is 8.19. The third-order valence-electron chi connectivity index (χ3n) is 2.47. The van der Waals surface area contributed by atoms with Gasteiger partial charge in [0.05, 0.1) is 0 Å². The molecule has 0 aliphatic carbocycles. The lowest BCUT2D eigenvalue weighted by Gasteiger charge is -1.98. The first-order valence-corrected chi connectivity index (χ1v) is 5.11. The van der Waals surface area contributed by atoms with E-state index in [0.29, 0.717) is 5.82 Å². The van der Waals surface area contributed by atoms with Gasteiger partial charge in [-0.05, 0) is 24.3 Å². The summed E-state index contributed by atoms with van der Waals surface area (Å²) in [7, 11) is 0. The van der Waals surface area contributed by atoms with Crippen molar-refractivity contribution < 1.29 is 0 Å². The Kier molecular flexibility index (Phi) is 2.09. The van der Waals surface area contributed by atoms with Crippen LogP contribution in [0.1, 0.15) is 5.56 Å². The van der Waals surface area contributed by atoms with Crippen LogP contribution < -0.4 is 0 Å². The maximum Gasteiger partial charge on any atom is 0.186 e. The molecule has 0 N–H and O–H groups in total. The fraction of sp³-hybridized carbons (Fsp3) is 0. The lowest BCUT2D eigenvalue weighted by Crippen LogP contribution is -1.91. The zero-order valence-electron chi connectivity index (χ0n) is 8.91. The average molecular weight is 220 g/mol. The largest absolute Gasteiger partial charge is 0.281 e. The van der Waals surface area contributed by atoms with Crippen LogP contribution >= 0.6 is 0 Å². The van der Waals surface area contributed by atoms with E-state index in [1.807, 2.05) is 40.9 Å². The number of fused-ring (bicyclic) bond motifs is 1. The van der Waals surface area contributed by atoms with Gasteiger partial charge in [-0.1, -0.05) is 12.0 Å². The molecule has 3 aromatic heterocycles. The minimum Gasteiger partial charge on any atom is -0.281 e. The van der Waals surface area contributed by atoms with E-state index in [0.717, 1.165) is 16.9 Å². The molecule has 80 valence electrons. The van der Waals surface area contributed by atoms with Crippen molar-refractivity contribution in [2.24, 2.45) is 0 Å². The first kappa shape index (κ1) is 9.55. The molecule has 0 atom stereocenters. The van der Waals surface area contributed by atoms with Gasteiger partial charge < -0.3 is 0 Å². The van der Waals surface area contributed by atoms with Gasteiger partial charge in [-0.2, -0.15) is 0 Å². The molecular formula is C13H8N4. The van der Waals surface area contributed by atoms with Gasteiger partial charge in [-0.15, -0.1) is 16.6 Å². The molecule has 17 heavy (non-hydrogen) atoms. The van der Waals surface area contributed by atoms with E-state index in [2.05, 4.69) is 21.1 Å². The van der Waals surface area contributed by atoms with Crippen LogP contribution in [0.3, 0.4) is 0 Å². The van der Waals surface area contributed by atoms with Gasteiger partial charge in [0.1, 0.15) is 5.69 Å². The highest BCUT2D eigenvalue weighted by molar-refractivity contribution is 5.55. The van der Waals surface area contributed by atoms with E-state index < -0.39 is 0 Å². The molecule has 3 aromatic rings. The molecule has 0 amide bonds. The number of aromatic nitrogens is 4. The second-order valence-corrected chi connectivity index (χ2v) is 3.53. The zero-order chi connectivity index (χ0) is 11.7. The first-order chi connectivity index (χ1) is 8.38. The third-order valence-corrected chi connectivity index (χ3v) is 2.47. The highest BCUT2D eigenvalue weighted by Gasteiger charge is 2.07. The maximum atomic E-state index is 5.29. The number of hydrogen-bond donors (Lipinski definition) is 0. The third kappa shape index (κ3) is 1.54. The highest BCUT2D eigenvalue weighted by atomic mass is 15.2. The SMILES string of the molecule is C#Cc1ccc(-c2nnc3ccccn23)nc1. The van der Waals surface area contributed by atoms with E-state index in [4.69, 9.17) is 6.42 Å². The normalized spacial score (nSPS) is 10.3.